The van der Waals surface area contributed by atoms with E-state index in [1.54, 1.807) is 5.38 Å². The molecule has 2 fully saturated rings. The fraction of sp³-hybridized carbons (Fsp3) is 0.500. The fourth-order valence-corrected chi connectivity index (χ4v) is 5.95. The maximum atomic E-state index is 13.1. The van der Waals surface area contributed by atoms with E-state index in [1.165, 1.54) is 53.3 Å². The SMILES string of the molecule is Nc1nc(/C(=C/CC2CCCCC2)C(=O)NC2C(=O)N3C(C(=O)O)=CCSC23)cs1. The number of anilines is 1. The van der Waals surface area contributed by atoms with Gasteiger partial charge in [0, 0.05) is 11.1 Å². The molecule has 4 rings (SSSR count). The molecule has 2 aliphatic heterocycles. The van der Waals surface area contributed by atoms with Crippen molar-refractivity contribution in [2.45, 2.75) is 49.9 Å². The number of nitrogen functional groups attached to an aromatic ring is 1. The van der Waals surface area contributed by atoms with E-state index in [4.69, 9.17) is 5.73 Å². The molecule has 8 nitrogen and oxygen atoms in total. The standard InChI is InChI=1S/C20H24N4O4S2/c21-20-22-13(10-30-20)12(7-6-11-4-2-1-3-5-11)16(25)23-15-17(26)24-14(19(27)28)8-9-29-18(15)24/h7-8,10-11,15,18H,1-6,9H2,(H2,21,22)(H,23,25)(H,27,28)/b12-7-. The molecule has 3 aliphatic rings. The summed E-state index contributed by atoms with van der Waals surface area (Å²) in [6.45, 7) is 0. The number of β-lactam (4-membered cyclic amide) rings is 1. The van der Waals surface area contributed by atoms with Gasteiger partial charge >= 0.3 is 5.97 Å². The second kappa shape index (κ2) is 8.81. The van der Waals surface area contributed by atoms with Crippen LogP contribution in [0.3, 0.4) is 0 Å². The summed E-state index contributed by atoms with van der Waals surface area (Å²) in [4.78, 5) is 42.5. The van der Waals surface area contributed by atoms with Gasteiger partial charge in [0.2, 0.25) is 0 Å². The molecule has 2 atom stereocenters. The van der Waals surface area contributed by atoms with Gasteiger partial charge in [-0.15, -0.1) is 23.1 Å². The number of nitrogens with two attached hydrogens (primary N) is 1. The van der Waals surface area contributed by atoms with Gasteiger partial charge in [-0.2, -0.15) is 0 Å². The molecule has 1 aromatic heterocycles. The lowest BCUT2D eigenvalue weighted by Crippen LogP contribution is -2.70. The van der Waals surface area contributed by atoms with E-state index in [0.29, 0.717) is 28.1 Å². The van der Waals surface area contributed by atoms with Crippen LogP contribution in [0.5, 0.6) is 0 Å². The van der Waals surface area contributed by atoms with Gasteiger partial charge < -0.3 is 16.2 Å². The zero-order valence-corrected chi connectivity index (χ0v) is 18.0. The third kappa shape index (κ3) is 4.11. The summed E-state index contributed by atoms with van der Waals surface area (Å²) in [5.74, 6) is -0.880. The lowest BCUT2D eigenvalue weighted by molar-refractivity contribution is -0.150. The number of aliphatic carboxylic acids is 1. The first-order valence-corrected chi connectivity index (χ1v) is 12.0. The van der Waals surface area contributed by atoms with E-state index < -0.39 is 23.3 Å². The predicted octanol–water partition coefficient (Wildman–Crippen LogP) is 2.45. The van der Waals surface area contributed by atoms with Crippen molar-refractivity contribution in [2.75, 3.05) is 11.5 Å². The highest BCUT2D eigenvalue weighted by Gasteiger charge is 2.52. The van der Waals surface area contributed by atoms with E-state index in [2.05, 4.69) is 10.3 Å². The Morgan fingerprint density at radius 1 is 1.33 bits per heavy atom. The minimum absolute atomic E-state index is 0.0189. The molecule has 10 heteroatoms. The Hall–Kier alpha value is -2.33. The normalized spacial score (nSPS) is 24.7. The topological polar surface area (TPSA) is 126 Å². The molecule has 1 aliphatic carbocycles. The van der Waals surface area contributed by atoms with Crippen LogP contribution in [-0.2, 0) is 14.4 Å². The molecule has 2 amide bonds. The monoisotopic (exact) mass is 448 g/mol. The third-order valence-electron chi connectivity index (χ3n) is 5.77. The van der Waals surface area contributed by atoms with Gasteiger partial charge in [0.15, 0.2) is 5.13 Å². The summed E-state index contributed by atoms with van der Waals surface area (Å²) < 4.78 is 0. The number of carbonyl (C=O) groups is 3. The first-order chi connectivity index (χ1) is 14.5. The van der Waals surface area contributed by atoms with Crippen molar-refractivity contribution in [3.8, 4) is 0 Å². The second-order valence-electron chi connectivity index (χ2n) is 7.71. The number of fused-ring (bicyclic) bond motifs is 1. The van der Waals surface area contributed by atoms with E-state index in [9.17, 15) is 19.5 Å². The van der Waals surface area contributed by atoms with Crippen molar-refractivity contribution in [1.82, 2.24) is 15.2 Å². The molecular formula is C20H24N4O4S2. The first kappa shape index (κ1) is 20.9. The van der Waals surface area contributed by atoms with Crippen molar-refractivity contribution in [2.24, 2.45) is 5.92 Å². The average molecular weight is 449 g/mol. The molecule has 0 radical (unpaired) electrons. The molecular weight excluding hydrogens is 424 g/mol. The van der Waals surface area contributed by atoms with Crippen molar-refractivity contribution in [1.29, 1.82) is 0 Å². The summed E-state index contributed by atoms with van der Waals surface area (Å²) >= 11 is 2.70. The van der Waals surface area contributed by atoms with Crippen molar-refractivity contribution in [3.63, 3.8) is 0 Å². The number of rotatable bonds is 6. The number of thioether (sulfide) groups is 1. The van der Waals surface area contributed by atoms with Crippen LogP contribution in [0.1, 0.15) is 44.2 Å². The van der Waals surface area contributed by atoms with Crippen LogP contribution in [0.15, 0.2) is 23.2 Å². The maximum absolute atomic E-state index is 13.1. The average Bonchev–Trinajstić information content (AvgIpc) is 3.18. The third-order valence-corrected chi connectivity index (χ3v) is 7.63. The summed E-state index contributed by atoms with van der Waals surface area (Å²) in [5.41, 5.74) is 6.69. The summed E-state index contributed by atoms with van der Waals surface area (Å²) in [6.07, 6.45) is 10.2. The van der Waals surface area contributed by atoms with Crippen molar-refractivity contribution in [3.05, 3.63) is 28.9 Å². The Bertz CT molecular complexity index is 920. The maximum Gasteiger partial charge on any atom is 0.352 e. The predicted molar refractivity (Wildman–Crippen MR) is 116 cm³/mol. The van der Waals surface area contributed by atoms with E-state index >= 15 is 0 Å². The fourth-order valence-electron chi connectivity index (χ4n) is 4.19. The Balaban J connectivity index is 1.49. The van der Waals surface area contributed by atoms with Crippen LogP contribution >= 0.6 is 23.1 Å². The summed E-state index contributed by atoms with van der Waals surface area (Å²) in [7, 11) is 0. The molecule has 0 bridgehead atoms. The number of thiazole rings is 1. The minimum atomic E-state index is -1.13. The highest BCUT2D eigenvalue weighted by Crippen LogP contribution is 2.38. The van der Waals surface area contributed by atoms with Gasteiger partial charge in [-0.25, -0.2) is 9.78 Å². The first-order valence-electron chi connectivity index (χ1n) is 10.1. The van der Waals surface area contributed by atoms with E-state index in [-0.39, 0.29) is 11.6 Å². The Morgan fingerprint density at radius 3 is 2.77 bits per heavy atom. The van der Waals surface area contributed by atoms with Crippen LogP contribution in [0.2, 0.25) is 0 Å². The largest absolute Gasteiger partial charge is 0.477 e. The number of amides is 2. The number of nitrogens with zero attached hydrogens (tertiary/aromatic N) is 2. The van der Waals surface area contributed by atoms with Crippen LogP contribution < -0.4 is 11.1 Å². The number of carboxylic acids is 1. The Kier molecular flexibility index (Phi) is 6.14. The molecule has 1 saturated heterocycles. The van der Waals surface area contributed by atoms with Crippen LogP contribution in [-0.4, -0.2) is 49.9 Å². The van der Waals surface area contributed by atoms with Crippen LogP contribution in [0, 0.1) is 5.92 Å². The molecule has 30 heavy (non-hydrogen) atoms. The summed E-state index contributed by atoms with van der Waals surface area (Å²) in [5, 5.41) is 13.8. The number of carboxylic acid groups (broad SMARTS) is 1. The van der Waals surface area contributed by atoms with Crippen molar-refractivity contribution >= 4 is 51.6 Å². The molecule has 1 saturated carbocycles. The summed E-state index contributed by atoms with van der Waals surface area (Å²) in [6, 6.07) is -0.750. The number of allylic oxidation sites excluding steroid dienone is 1. The molecule has 3 heterocycles. The number of aromatic nitrogens is 1. The van der Waals surface area contributed by atoms with Gasteiger partial charge in [-0.05, 0) is 18.4 Å². The van der Waals surface area contributed by atoms with Gasteiger partial charge in [-0.3, -0.25) is 14.5 Å². The molecule has 4 N–H and O–H groups in total. The molecule has 1 aromatic rings. The number of hydrogen-bond donors (Lipinski definition) is 3. The van der Waals surface area contributed by atoms with Gasteiger partial charge in [0.1, 0.15) is 17.1 Å². The molecule has 2 unspecified atom stereocenters. The highest BCUT2D eigenvalue weighted by atomic mass is 32.2. The molecule has 0 spiro atoms. The number of nitrogens with one attached hydrogen (secondary N) is 1. The van der Waals surface area contributed by atoms with E-state index in [0.717, 1.165) is 19.3 Å². The van der Waals surface area contributed by atoms with Crippen LogP contribution in [0.25, 0.3) is 5.57 Å². The van der Waals surface area contributed by atoms with E-state index in [1.807, 2.05) is 6.08 Å². The zero-order valence-electron chi connectivity index (χ0n) is 16.4. The minimum Gasteiger partial charge on any atom is -0.477 e. The lowest BCUT2D eigenvalue weighted by atomic mass is 9.86. The van der Waals surface area contributed by atoms with Crippen LogP contribution in [0.4, 0.5) is 5.13 Å². The van der Waals surface area contributed by atoms with Crippen molar-refractivity contribution < 1.29 is 19.5 Å². The highest BCUT2D eigenvalue weighted by molar-refractivity contribution is 8.00. The number of hydrogen-bond acceptors (Lipinski definition) is 7. The molecule has 160 valence electrons. The quantitative estimate of drug-likeness (QED) is 0.451. The Morgan fingerprint density at radius 2 is 2.10 bits per heavy atom. The van der Waals surface area contributed by atoms with Gasteiger partial charge in [-0.1, -0.05) is 38.2 Å². The second-order valence-corrected chi connectivity index (χ2v) is 9.75. The lowest BCUT2D eigenvalue weighted by Gasteiger charge is -2.48. The number of carbonyl (C=O) groups excluding carboxylic acids is 2. The van der Waals surface area contributed by atoms with Gasteiger partial charge in [0.25, 0.3) is 11.8 Å². The smallest absolute Gasteiger partial charge is 0.352 e. The zero-order chi connectivity index (χ0) is 21.3. The molecule has 0 aromatic carbocycles. The van der Waals surface area contributed by atoms with Gasteiger partial charge in [0.05, 0.1) is 11.3 Å². The Labute approximate surface area is 182 Å².